The second kappa shape index (κ2) is 3.71. The Morgan fingerprint density at radius 2 is 2.15 bits per heavy atom. The second-order valence-corrected chi connectivity index (χ2v) is 3.58. The van der Waals surface area contributed by atoms with Gasteiger partial charge in [-0.2, -0.15) is 5.26 Å². The Kier molecular flexibility index (Phi) is 2.84. The number of aryl methyl sites for hydroxylation is 1. The summed E-state index contributed by atoms with van der Waals surface area (Å²) in [6.45, 7) is 3.34. The van der Waals surface area contributed by atoms with Crippen LogP contribution >= 0.6 is 15.9 Å². The predicted octanol–water partition coefficient (Wildman–Crippen LogP) is 2.83. The molecule has 0 aliphatic rings. The second-order valence-electron chi connectivity index (χ2n) is 2.79. The normalized spacial score (nSPS) is 9.38. The fraction of sp³-hybridized carbons (Fsp3) is 0.200. The molecule has 0 aliphatic heterocycles. The monoisotopic (exact) mass is 237 g/mol. The van der Waals surface area contributed by atoms with E-state index in [1.54, 1.807) is 6.07 Å². The molecule has 0 saturated heterocycles. The van der Waals surface area contributed by atoms with Crippen LogP contribution in [0, 0.1) is 18.3 Å². The van der Waals surface area contributed by atoms with Gasteiger partial charge in [-0.05, 0) is 41.4 Å². The molecule has 3 heteroatoms. The third kappa shape index (κ3) is 1.78. The Balaban J connectivity index is 3.50. The molecule has 0 fully saturated rings. The Hall–Kier alpha value is -1.14. The number of hydrogen-bond acceptors (Lipinski definition) is 2. The van der Waals surface area contributed by atoms with Crippen LogP contribution in [0.25, 0.3) is 0 Å². The first-order valence-corrected chi connectivity index (χ1v) is 4.57. The van der Waals surface area contributed by atoms with Gasteiger partial charge in [0, 0.05) is 10.0 Å². The average molecular weight is 238 g/mol. The van der Waals surface area contributed by atoms with E-state index in [1.807, 2.05) is 19.1 Å². The van der Waals surface area contributed by atoms with Crippen LogP contribution in [0.1, 0.15) is 28.4 Å². The van der Waals surface area contributed by atoms with E-state index in [2.05, 4.69) is 15.9 Å². The van der Waals surface area contributed by atoms with E-state index in [1.165, 1.54) is 6.92 Å². The Morgan fingerprint density at radius 1 is 1.54 bits per heavy atom. The lowest BCUT2D eigenvalue weighted by molar-refractivity contribution is 0.101. The molecule has 0 spiro atoms. The van der Waals surface area contributed by atoms with Crippen LogP contribution in [-0.2, 0) is 0 Å². The molecule has 13 heavy (non-hydrogen) atoms. The maximum atomic E-state index is 11.1. The summed E-state index contributed by atoms with van der Waals surface area (Å²) < 4.78 is 0.711. The number of halogens is 1. The van der Waals surface area contributed by atoms with Crippen LogP contribution in [0.5, 0.6) is 0 Å². The molecule has 66 valence electrons. The first-order valence-electron chi connectivity index (χ1n) is 3.78. The van der Waals surface area contributed by atoms with E-state index in [9.17, 15) is 4.79 Å². The van der Waals surface area contributed by atoms with Gasteiger partial charge in [0.25, 0.3) is 0 Å². The number of Topliss-reactive ketones (excluding diaryl/α,β-unsaturated/α-hetero) is 1. The van der Waals surface area contributed by atoms with Crippen LogP contribution in [0.2, 0.25) is 0 Å². The average Bonchev–Trinajstić information content (AvgIpc) is 2.09. The standard InChI is InChI=1S/C10H8BrNO/c1-6-3-4-8(7(2)13)9(5-12)10(6)11/h3-4H,1-2H3. The molecule has 1 aromatic rings. The molecule has 0 amide bonds. The highest BCUT2D eigenvalue weighted by Crippen LogP contribution is 2.24. The van der Waals surface area contributed by atoms with Crippen molar-refractivity contribution in [2.24, 2.45) is 0 Å². The summed E-state index contributed by atoms with van der Waals surface area (Å²) in [5, 5.41) is 8.84. The van der Waals surface area contributed by atoms with Gasteiger partial charge in [-0.25, -0.2) is 0 Å². The maximum Gasteiger partial charge on any atom is 0.161 e. The summed E-state index contributed by atoms with van der Waals surface area (Å²) in [4.78, 5) is 11.1. The highest BCUT2D eigenvalue weighted by molar-refractivity contribution is 9.10. The van der Waals surface area contributed by atoms with Crippen molar-refractivity contribution in [1.29, 1.82) is 5.26 Å². The molecule has 0 aromatic heterocycles. The number of ketones is 1. The van der Waals surface area contributed by atoms with Gasteiger partial charge in [0.2, 0.25) is 0 Å². The van der Waals surface area contributed by atoms with Gasteiger partial charge in [0.1, 0.15) is 6.07 Å². The summed E-state index contributed by atoms with van der Waals surface area (Å²) in [7, 11) is 0. The zero-order chi connectivity index (χ0) is 10.0. The number of nitriles is 1. The summed E-state index contributed by atoms with van der Waals surface area (Å²) in [6, 6.07) is 5.52. The first-order chi connectivity index (χ1) is 6.07. The highest BCUT2D eigenvalue weighted by atomic mass is 79.9. The quantitative estimate of drug-likeness (QED) is 0.706. The van der Waals surface area contributed by atoms with Crippen molar-refractivity contribution in [3.8, 4) is 6.07 Å². The molecular weight excluding hydrogens is 230 g/mol. The lowest BCUT2D eigenvalue weighted by Crippen LogP contribution is -1.98. The molecule has 2 nitrogen and oxygen atoms in total. The van der Waals surface area contributed by atoms with Crippen LogP contribution in [0.3, 0.4) is 0 Å². The predicted molar refractivity (Wildman–Crippen MR) is 53.6 cm³/mol. The third-order valence-electron chi connectivity index (χ3n) is 1.83. The minimum atomic E-state index is -0.0859. The number of carbonyl (C=O) groups is 1. The lowest BCUT2D eigenvalue weighted by Gasteiger charge is -2.04. The van der Waals surface area contributed by atoms with Gasteiger partial charge in [-0.1, -0.05) is 6.07 Å². The lowest BCUT2D eigenvalue weighted by atomic mass is 10.0. The molecule has 0 saturated carbocycles. The molecule has 0 atom stereocenters. The van der Waals surface area contributed by atoms with Crippen LogP contribution in [0.15, 0.2) is 16.6 Å². The maximum absolute atomic E-state index is 11.1. The first kappa shape index (κ1) is 9.94. The molecule has 1 rings (SSSR count). The van der Waals surface area contributed by atoms with Crippen LogP contribution in [0.4, 0.5) is 0 Å². The number of rotatable bonds is 1. The van der Waals surface area contributed by atoms with Gasteiger partial charge in [0.15, 0.2) is 5.78 Å². The third-order valence-corrected chi connectivity index (χ3v) is 2.85. The summed E-state index contributed by atoms with van der Waals surface area (Å²) in [6.07, 6.45) is 0. The zero-order valence-electron chi connectivity index (χ0n) is 7.39. The van der Waals surface area contributed by atoms with Gasteiger partial charge in [0.05, 0.1) is 5.56 Å². The van der Waals surface area contributed by atoms with Crippen LogP contribution in [-0.4, -0.2) is 5.78 Å². The van der Waals surface area contributed by atoms with Gasteiger partial charge in [-0.15, -0.1) is 0 Å². The van der Waals surface area contributed by atoms with Crippen molar-refractivity contribution in [2.45, 2.75) is 13.8 Å². The molecule has 0 unspecified atom stereocenters. The van der Waals surface area contributed by atoms with E-state index >= 15 is 0 Å². The molecule has 0 bridgehead atoms. The van der Waals surface area contributed by atoms with E-state index < -0.39 is 0 Å². The fourth-order valence-electron chi connectivity index (χ4n) is 1.08. The van der Waals surface area contributed by atoms with Gasteiger partial charge < -0.3 is 0 Å². The molecule has 1 aromatic carbocycles. The summed E-state index contributed by atoms with van der Waals surface area (Å²) >= 11 is 3.28. The number of carbonyl (C=O) groups excluding carboxylic acids is 1. The van der Waals surface area contributed by atoms with Crippen molar-refractivity contribution in [3.63, 3.8) is 0 Å². The summed E-state index contributed by atoms with van der Waals surface area (Å²) in [5.74, 6) is -0.0859. The largest absolute Gasteiger partial charge is 0.294 e. The fourth-order valence-corrected chi connectivity index (χ4v) is 1.52. The number of nitrogens with zero attached hydrogens (tertiary/aromatic N) is 1. The number of benzene rings is 1. The van der Waals surface area contributed by atoms with E-state index in [0.717, 1.165) is 5.56 Å². The Labute approximate surface area is 85.3 Å². The Morgan fingerprint density at radius 3 is 2.62 bits per heavy atom. The van der Waals surface area contributed by atoms with Crippen LogP contribution < -0.4 is 0 Å². The van der Waals surface area contributed by atoms with Gasteiger partial charge >= 0.3 is 0 Å². The van der Waals surface area contributed by atoms with E-state index in [-0.39, 0.29) is 5.78 Å². The van der Waals surface area contributed by atoms with E-state index in [0.29, 0.717) is 15.6 Å². The molecule has 0 heterocycles. The van der Waals surface area contributed by atoms with Gasteiger partial charge in [-0.3, -0.25) is 4.79 Å². The minimum Gasteiger partial charge on any atom is -0.294 e. The molecule has 0 N–H and O–H groups in total. The van der Waals surface area contributed by atoms with E-state index in [4.69, 9.17) is 5.26 Å². The Bertz CT molecular complexity index is 404. The van der Waals surface area contributed by atoms with Crippen molar-refractivity contribution >= 4 is 21.7 Å². The van der Waals surface area contributed by atoms with Crippen molar-refractivity contribution < 1.29 is 4.79 Å². The number of hydrogen-bond donors (Lipinski definition) is 0. The van der Waals surface area contributed by atoms with Crippen molar-refractivity contribution in [3.05, 3.63) is 33.3 Å². The highest BCUT2D eigenvalue weighted by Gasteiger charge is 2.11. The zero-order valence-corrected chi connectivity index (χ0v) is 8.97. The van der Waals surface area contributed by atoms with Crippen molar-refractivity contribution in [2.75, 3.05) is 0 Å². The smallest absolute Gasteiger partial charge is 0.161 e. The van der Waals surface area contributed by atoms with Crippen molar-refractivity contribution in [1.82, 2.24) is 0 Å². The summed E-state index contributed by atoms with van der Waals surface area (Å²) in [5.41, 5.74) is 1.86. The topological polar surface area (TPSA) is 40.9 Å². The molecule has 0 aliphatic carbocycles. The molecular formula is C10H8BrNO. The SMILES string of the molecule is CC(=O)c1ccc(C)c(Br)c1C#N. The minimum absolute atomic E-state index is 0.0859. The molecule has 0 radical (unpaired) electrons.